The van der Waals surface area contributed by atoms with Crippen LogP contribution >= 0.6 is 23.4 Å². The van der Waals surface area contributed by atoms with Gasteiger partial charge in [0.05, 0.1) is 5.02 Å². The predicted molar refractivity (Wildman–Crippen MR) is 114 cm³/mol. The summed E-state index contributed by atoms with van der Waals surface area (Å²) in [4.78, 5) is 15.7. The van der Waals surface area contributed by atoms with E-state index < -0.39 is 0 Å². The molecule has 1 atom stereocenters. The number of thioether (sulfide) groups is 1. The fourth-order valence-corrected chi connectivity index (χ4v) is 5.01. The van der Waals surface area contributed by atoms with E-state index >= 15 is 0 Å². The van der Waals surface area contributed by atoms with Gasteiger partial charge in [0.1, 0.15) is 10.9 Å². The first kappa shape index (κ1) is 20.2. The van der Waals surface area contributed by atoms with Crippen molar-refractivity contribution in [3.63, 3.8) is 0 Å². The zero-order valence-corrected chi connectivity index (χ0v) is 17.3. The molecule has 1 aromatic rings. The van der Waals surface area contributed by atoms with Gasteiger partial charge in [0, 0.05) is 36.4 Å². The maximum atomic E-state index is 6.38. The SMILES string of the molecule is C=N/C(Sc1ccncc1Cl)=C(N)\N=C(/C)N1CCC2(CCC[C@H]2N)CC1. The predicted octanol–water partition coefficient (Wildman–Crippen LogP) is 3.62. The van der Waals surface area contributed by atoms with Crippen LogP contribution in [-0.2, 0) is 0 Å². The molecule has 1 aliphatic heterocycles. The van der Waals surface area contributed by atoms with Crippen LogP contribution in [-0.4, -0.2) is 41.6 Å². The molecule has 2 heterocycles. The Balaban J connectivity index is 1.69. The van der Waals surface area contributed by atoms with Crippen molar-refractivity contribution in [2.24, 2.45) is 26.9 Å². The lowest BCUT2D eigenvalue weighted by Crippen LogP contribution is -2.48. The van der Waals surface area contributed by atoms with E-state index in [2.05, 4.69) is 26.6 Å². The summed E-state index contributed by atoms with van der Waals surface area (Å²) in [6.45, 7) is 7.55. The number of piperidine rings is 1. The molecule has 1 spiro atoms. The highest BCUT2D eigenvalue weighted by atomic mass is 35.5. The van der Waals surface area contributed by atoms with E-state index in [1.54, 1.807) is 12.4 Å². The number of aliphatic imine (C=N–C) groups is 2. The molecule has 0 amide bonds. The first-order valence-corrected chi connectivity index (χ1v) is 10.4. The molecule has 6 nitrogen and oxygen atoms in total. The maximum absolute atomic E-state index is 6.38. The fourth-order valence-electron chi connectivity index (χ4n) is 4.07. The van der Waals surface area contributed by atoms with E-state index in [-0.39, 0.29) is 0 Å². The number of aromatic nitrogens is 1. The van der Waals surface area contributed by atoms with Crippen LogP contribution in [0.4, 0.5) is 0 Å². The molecule has 0 aromatic carbocycles. The summed E-state index contributed by atoms with van der Waals surface area (Å²) < 4.78 is 0. The molecule has 27 heavy (non-hydrogen) atoms. The van der Waals surface area contributed by atoms with E-state index in [4.69, 9.17) is 23.1 Å². The number of nitrogens with zero attached hydrogens (tertiary/aromatic N) is 4. The minimum Gasteiger partial charge on any atom is -0.381 e. The zero-order valence-electron chi connectivity index (χ0n) is 15.7. The van der Waals surface area contributed by atoms with Gasteiger partial charge in [-0.05, 0) is 50.8 Å². The summed E-state index contributed by atoms with van der Waals surface area (Å²) in [5.41, 5.74) is 12.9. The van der Waals surface area contributed by atoms with E-state index in [1.165, 1.54) is 24.6 Å². The Bertz CT molecular complexity index is 754. The standard InChI is InChI=1S/C19H27ClN6S/c1-13(26-10-7-19(8-11-26)6-3-4-16(19)21)25-17(22)18(23-2)27-15-5-9-24-12-14(15)20/h5,9,12,16H,2-4,6-8,10-11,21-22H2,1H3/b18-17+,25-13+/t16-/m1/s1. The van der Waals surface area contributed by atoms with Crippen molar-refractivity contribution >= 4 is 35.9 Å². The van der Waals surface area contributed by atoms with E-state index in [0.717, 1.165) is 43.1 Å². The number of likely N-dealkylation sites (tertiary alicyclic amines) is 1. The van der Waals surface area contributed by atoms with Gasteiger partial charge < -0.3 is 16.4 Å². The number of rotatable bonds is 4. The highest BCUT2D eigenvalue weighted by Crippen LogP contribution is 2.45. The van der Waals surface area contributed by atoms with Crippen molar-refractivity contribution in [2.75, 3.05) is 13.1 Å². The average molecular weight is 407 g/mol. The second-order valence-corrected chi connectivity index (χ2v) is 8.70. The van der Waals surface area contributed by atoms with Gasteiger partial charge in [-0.3, -0.25) is 9.98 Å². The number of pyridine rings is 1. The average Bonchev–Trinajstić information content (AvgIpc) is 3.01. The molecule has 1 saturated heterocycles. The first-order chi connectivity index (χ1) is 12.9. The van der Waals surface area contributed by atoms with Crippen molar-refractivity contribution in [1.82, 2.24) is 9.88 Å². The molecule has 3 rings (SSSR count). The van der Waals surface area contributed by atoms with E-state index in [1.807, 2.05) is 13.0 Å². The molecule has 2 fully saturated rings. The molecule has 1 saturated carbocycles. The Kier molecular flexibility index (Phi) is 6.44. The molecule has 146 valence electrons. The minimum absolute atomic E-state index is 0.333. The number of amidine groups is 1. The first-order valence-electron chi connectivity index (χ1n) is 9.25. The van der Waals surface area contributed by atoms with Crippen LogP contribution in [0, 0.1) is 5.41 Å². The lowest BCUT2D eigenvalue weighted by molar-refractivity contribution is 0.134. The third-order valence-electron chi connectivity index (χ3n) is 5.78. The van der Waals surface area contributed by atoms with Gasteiger partial charge in [0.25, 0.3) is 0 Å². The summed E-state index contributed by atoms with van der Waals surface area (Å²) in [5.74, 6) is 1.25. The minimum atomic E-state index is 0.333. The van der Waals surface area contributed by atoms with Crippen LogP contribution < -0.4 is 11.5 Å². The number of hydrogen-bond acceptors (Lipinski definition) is 6. The van der Waals surface area contributed by atoms with Gasteiger partial charge in [0.2, 0.25) is 0 Å². The van der Waals surface area contributed by atoms with E-state index in [0.29, 0.717) is 27.3 Å². The monoisotopic (exact) mass is 406 g/mol. The molecule has 0 unspecified atom stereocenters. The van der Waals surface area contributed by atoms with Crippen molar-refractivity contribution in [1.29, 1.82) is 0 Å². The third-order valence-corrected chi connectivity index (χ3v) is 7.30. The summed E-state index contributed by atoms with van der Waals surface area (Å²) >= 11 is 7.50. The fraction of sp³-hybridized carbons (Fsp3) is 0.526. The Morgan fingerprint density at radius 2 is 2.15 bits per heavy atom. The van der Waals surface area contributed by atoms with Crippen LogP contribution in [0.5, 0.6) is 0 Å². The number of halogens is 1. The summed E-state index contributed by atoms with van der Waals surface area (Å²) in [6, 6.07) is 2.16. The largest absolute Gasteiger partial charge is 0.381 e. The topological polar surface area (TPSA) is 92.9 Å². The van der Waals surface area contributed by atoms with Gasteiger partial charge >= 0.3 is 0 Å². The molecule has 0 bridgehead atoms. The van der Waals surface area contributed by atoms with Crippen molar-refractivity contribution in [3.05, 3.63) is 34.3 Å². The van der Waals surface area contributed by atoms with Gasteiger partial charge in [-0.2, -0.15) is 0 Å². The lowest BCUT2D eigenvalue weighted by Gasteiger charge is -2.42. The Labute approximate surface area is 170 Å². The highest BCUT2D eigenvalue weighted by Gasteiger charge is 2.42. The normalized spacial score (nSPS) is 23.4. The Morgan fingerprint density at radius 3 is 2.74 bits per heavy atom. The van der Waals surface area contributed by atoms with Crippen LogP contribution in [0.2, 0.25) is 5.02 Å². The number of hydrogen-bond donors (Lipinski definition) is 2. The van der Waals surface area contributed by atoms with Crippen molar-refractivity contribution in [3.8, 4) is 0 Å². The molecular weight excluding hydrogens is 380 g/mol. The lowest BCUT2D eigenvalue weighted by atomic mass is 9.74. The third kappa shape index (κ3) is 4.47. The van der Waals surface area contributed by atoms with Crippen LogP contribution in [0.3, 0.4) is 0 Å². The quantitative estimate of drug-likeness (QED) is 0.452. The van der Waals surface area contributed by atoms with Gasteiger partial charge in [-0.1, -0.05) is 29.8 Å². The van der Waals surface area contributed by atoms with Crippen LogP contribution in [0.25, 0.3) is 0 Å². The molecule has 1 aliphatic carbocycles. The second-order valence-electron chi connectivity index (χ2n) is 7.26. The summed E-state index contributed by atoms with van der Waals surface area (Å²) in [7, 11) is 0. The van der Waals surface area contributed by atoms with Crippen molar-refractivity contribution in [2.45, 2.75) is 50.0 Å². The Hall–Kier alpha value is -1.57. The molecular formula is C19H27ClN6S. The zero-order chi connectivity index (χ0) is 19.4. The van der Waals surface area contributed by atoms with E-state index in [9.17, 15) is 0 Å². The summed E-state index contributed by atoms with van der Waals surface area (Å²) in [5, 5.41) is 1.08. The van der Waals surface area contributed by atoms with Crippen molar-refractivity contribution < 1.29 is 0 Å². The van der Waals surface area contributed by atoms with Gasteiger partial charge in [0.15, 0.2) is 5.82 Å². The molecule has 1 aromatic heterocycles. The molecule has 0 radical (unpaired) electrons. The summed E-state index contributed by atoms with van der Waals surface area (Å²) in [6.07, 6.45) is 9.19. The van der Waals surface area contributed by atoms with Crippen LogP contribution in [0.1, 0.15) is 39.0 Å². The maximum Gasteiger partial charge on any atom is 0.158 e. The molecule has 2 aliphatic rings. The molecule has 4 N–H and O–H groups in total. The number of nitrogens with two attached hydrogens (primary N) is 2. The smallest absolute Gasteiger partial charge is 0.158 e. The van der Waals surface area contributed by atoms with Crippen LogP contribution in [0.15, 0.2) is 44.2 Å². The second kappa shape index (κ2) is 8.63. The molecule has 8 heteroatoms. The van der Waals surface area contributed by atoms with Gasteiger partial charge in [-0.25, -0.2) is 4.99 Å². The van der Waals surface area contributed by atoms with Gasteiger partial charge in [-0.15, -0.1) is 0 Å². The highest BCUT2D eigenvalue weighted by molar-refractivity contribution is 8.03. The Morgan fingerprint density at radius 1 is 1.41 bits per heavy atom.